The van der Waals surface area contributed by atoms with E-state index in [1.165, 1.54) is 12.4 Å². The number of amides is 2. The van der Waals surface area contributed by atoms with Crippen LogP contribution in [0.5, 0.6) is 0 Å². The number of nitrogens with one attached hydrogen (secondary N) is 3. The van der Waals surface area contributed by atoms with Gasteiger partial charge in [-0.1, -0.05) is 60.1 Å². The van der Waals surface area contributed by atoms with Crippen LogP contribution in [0.2, 0.25) is 5.02 Å². The summed E-state index contributed by atoms with van der Waals surface area (Å²) >= 11 is 5.84. The lowest BCUT2D eigenvalue weighted by atomic mass is 9.99. The zero-order valence-corrected chi connectivity index (χ0v) is 19.0. The molecule has 0 fully saturated rings. The zero-order chi connectivity index (χ0) is 24.6. The van der Waals surface area contributed by atoms with Crippen LogP contribution in [0.3, 0.4) is 0 Å². The van der Waals surface area contributed by atoms with Crippen molar-refractivity contribution in [3.8, 4) is 11.1 Å². The number of para-hydroxylation sites is 1. The predicted octanol–water partition coefficient (Wildman–Crippen LogP) is 5.22. The van der Waals surface area contributed by atoms with Crippen molar-refractivity contribution in [1.82, 2.24) is 10.6 Å². The van der Waals surface area contributed by atoms with Crippen LogP contribution < -0.4 is 16.2 Å². The van der Waals surface area contributed by atoms with Gasteiger partial charge in [-0.2, -0.15) is 10.7 Å². The molecule has 0 radical (unpaired) electrons. The summed E-state index contributed by atoms with van der Waals surface area (Å²) in [6.45, 7) is 0. The molecule has 0 atom stereocenters. The minimum absolute atomic E-state index is 0.292. The van der Waals surface area contributed by atoms with Crippen molar-refractivity contribution in [3.05, 3.63) is 113 Å². The number of nitrogens with zero attached hydrogens (tertiary/aromatic N) is 2. The third kappa shape index (κ3) is 5.89. The quantitative estimate of drug-likeness (QED) is 0.211. The molecule has 174 valence electrons. The van der Waals surface area contributed by atoms with E-state index >= 15 is 0 Å². The molecule has 0 saturated heterocycles. The van der Waals surface area contributed by atoms with Gasteiger partial charge < -0.3 is 10.6 Å². The molecule has 0 spiro atoms. The molecular weight excluding hydrogens is 466 g/mol. The first-order chi connectivity index (χ1) is 17.0. The number of aromatic nitrogens is 1. The van der Waals surface area contributed by atoms with E-state index < -0.39 is 5.91 Å². The fourth-order valence-corrected chi connectivity index (χ4v) is 3.50. The van der Waals surface area contributed by atoms with E-state index in [9.17, 15) is 9.59 Å². The van der Waals surface area contributed by atoms with Gasteiger partial charge in [0.25, 0.3) is 11.8 Å². The molecule has 35 heavy (non-hydrogen) atoms. The first-order valence-corrected chi connectivity index (χ1v) is 10.9. The third-order valence-electron chi connectivity index (χ3n) is 5.07. The number of anilines is 2. The van der Waals surface area contributed by atoms with Crippen LogP contribution in [-0.4, -0.2) is 28.2 Å². The summed E-state index contributed by atoms with van der Waals surface area (Å²) in [5.74, 6) is -0.432. The van der Waals surface area contributed by atoms with Crippen molar-refractivity contribution in [3.63, 3.8) is 0 Å². The van der Waals surface area contributed by atoms with Gasteiger partial charge in [-0.05, 0) is 47.5 Å². The minimum Gasteiger partial charge on any atom is -0.321 e. The number of benzene rings is 3. The molecule has 1 aromatic heterocycles. The molecule has 2 amide bonds. The van der Waals surface area contributed by atoms with Crippen LogP contribution in [0.1, 0.15) is 26.3 Å². The van der Waals surface area contributed by atoms with Crippen LogP contribution >= 0.6 is 11.6 Å². The highest BCUT2D eigenvalue weighted by atomic mass is 35.5. The van der Waals surface area contributed by atoms with Crippen LogP contribution in [0, 0.1) is 0 Å². The molecule has 4 N–H and O–H groups in total. The summed E-state index contributed by atoms with van der Waals surface area (Å²) in [6.07, 6.45) is 2.93. The number of rotatable bonds is 7. The number of carbonyl (C=O) groups excluding carboxylic acids is 2. The van der Waals surface area contributed by atoms with Crippen LogP contribution in [-0.2, 0) is 0 Å². The van der Waals surface area contributed by atoms with Crippen molar-refractivity contribution in [2.75, 3.05) is 10.6 Å². The van der Waals surface area contributed by atoms with E-state index in [2.05, 4.69) is 20.7 Å². The summed E-state index contributed by atoms with van der Waals surface area (Å²) < 4.78 is 0. The topological polar surface area (TPSA) is 116 Å². The van der Waals surface area contributed by atoms with Gasteiger partial charge in [0.1, 0.15) is 5.82 Å². The van der Waals surface area contributed by atoms with Crippen molar-refractivity contribution < 1.29 is 14.8 Å². The van der Waals surface area contributed by atoms with Gasteiger partial charge in [-0.25, -0.2) is 4.98 Å². The lowest BCUT2D eigenvalue weighted by molar-refractivity contribution is 0.102. The van der Waals surface area contributed by atoms with Crippen molar-refractivity contribution in [2.45, 2.75) is 0 Å². The second-order valence-electron chi connectivity index (χ2n) is 7.34. The Morgan fingerprint density at radius 1 is 0.857 bits per heavy atom. The Balaban J connectivity index is 1.51. The highest BCUT2D eigenvalue weighted by Gasteiger charge is 2.15. The van der Waals surface area contributed by atoms with Crippen molar-refractivity contribution in [1.29, 1.82) is 0 Å². The Hall–Kier alpha value is -4.53. The monoisotopic (exact) mass is 485 g/mol. The van der Waals surface area contributed by atoms with Crippen LogP contribution in [0.25, 0.3) is 11.1 Å². The van der Waals surface area contributed by atoms with Gasteiger partial charge in [0.2, 0.25) is 0 Å². The largest absolute Gasteiger partial charge is 0.321 e. The van der Waals surface area contributed by atoms with Gasteiger partial charge in [0.15, 0.2) is 0 Å². The Kier molecular flexibility index (Phi) is 7.47. The molecule has 1 heterocycles. The maximum absolute atomic E-state index is 12.9. The van der Waals surface area contributed by atoms with E-state index in [-0.39, 0.29) is 5.91 Å². The molecule has 0 saturated carbocycles. The SMILES string of the molecule is O=C(Nc1ccccc1C(=O)Nc1ccc(Cl)cn1)c1ccc(-c2ccccc2C=NNO)cc1. The van der Waals surface area contributed by atoms with Gasteiger partial charge in [0, 0.05) is 17.3 Å². The van der Waals surface area contributed by atoms with Crippen molar-refractivity contribution >= 4 is 41.1 Å². The average Bonchev–Trinajstić information content (AvgIpc) is 2.89. The Morgan fingerprint density at radius 2 is 1.60 bits per heavy atom. The Morgan fingerprint density at radius 3 is 2.34 bits per heavy atom. The standard InChI is InChI=1S/C26H20ClN5O3/c27-20-13-14-24(28-16-20)31-26(34)22-7-3-4-8-23(22)30-25(33)18-11-9-17(10-12-18)21-6-2-1-5-19(21)15-29-32-35/h1-16,32,35H,(H,30,33)(H,28,31,34). The molecule has 0 unspecified atom stereocenters. The fourth-order valence-electron chi connectivity index (χ4n) is 3.39. The molecule has 4 rings (SSSR count). The number of hydrazone groups is 1. The summed E-state index contributed by atoms with van der Waals surface area (Å²) in [7, 11) is 0. The molecule has 4 aromatic rings. The molecule has 0 bridgehead atoms. The Labute approximate surface area is 206 Å². The number of hydrogen-bond acceptors (Lipinski definition) is 6. The molecule has 3 aromatic carbocycles. The van der Waals surface area contributed by atoms with E-state index in [1.54, 1.807) is 54.1 Å². The summed E-state index contributed by atoms with van der Waals surface area (Å²) in [5.41, 5.74) is 5.38. The number of hydrogen-bond donors (Lipinski definition) is 4. The van der Waals surface area contributed by atoms with Gasteiger partial charge in [-0.15, -0.1) is 0 Å². The van der Waals surface area contributed by atoms with E-state index in [4.69, 9.17) is 16.8 Å². The highest BCUT2D eigenvalue weighted by Crippen LogP contribution is 2.24. The lowest BCUT2D eigenvalue weighted by Crippen LogP contribution is -2.18. The predicted molar refractivity (Wildman–Crippen MR) is 136 cm³/mol. The molecule has 9 heteroatoms. The summed E-state index contributed by atoms with van der Waals surface area (Å²) in [6, 6.07) is 24.5. The summed E-state index contributed by atoms with van der Waals surface area (Å²) in [5, 5.41) is 18.3. The molecule has 8 nitrogen and oxygen atoms in total. The normalized spacial score (nSPS) is 10.7. The maximum Gasteiger partial charge on any atom is 0.258 e. The number of pyridine rings is 1. The fraction of sp³-hybridized carbons (Fsp3) is 0. The third-order valence-corrected chi connectivity index (χ3v) is 5.29. The smallest absolute Gasteiger partial charge is 0.258 e. The van der Waals surface area contributed by atoms with E-state index in [0.717, 1.165) is 16.7 Å². The maximum atomic E-state index is 12.9. The van der Waals surface area contributed by atoms with Crippen LogP contribution in [0.15, 0.2) is 96.2 Å². The second kappa shape index (κ2) is 11.1. The van der Waals surface area contributed by atoms with Gasteiger partial charge in [0.05, 0.1) is 22.5 Å². The zero-order valence-electron chi connectivity index (χ0n) is 18.3. The molecule has 0 aliphatic rings. The van der Waals surface area contributed by atoms with E-state index in [1.807, 2.05) is 36.4 Å². The second-order valence-corrected chi connectivity index (χ2v) is 7.77. The number of carbonyl (C=O) groups is 2. The van der Waals surface area contributed by atoms with Crippen LogP contribution in [0.4, 0.5) is 11.5 Å². The summed E-state index contributed by atoms with van der Waals surface area (Å²) in [4.78, 5) is 29.8. The first-order valence-electron chi connectivity index (χ1n) is 10.5. The lowest BCUT2D eigenvalue weighted by Gasteiger charge is -2.12. The number of halogens is 1. The molecule has 0 aliphatic carbocycles. The highest BCUT2D eigenvalue weighted by molar-refractivity contribution is 6.30. The Bertz CT molecular complexity index is 1370. The molecule has 0 aliphatic heterocycles. The van der Waals surface area contributed by atoms with Gasteiger partial charge in [-0.3, -0.25) is 14.8 Å². The minimum atomic E-state index is -0.415. The average molecular weight is 486 g/mol. The van der Waals surface area contributed by atoms with Crippen molar-refractivity contribution in [2.24, 2.45) is 5.10 Å². The van der Waals surface area contributed by atoms with Gasteiger partial charge >= 0.3 is 0 Å². The first kappa shape index (κ1) is 23.6. The van der Waals surface area contributed by atoms with E-state index in [0.29, 0.717) is 27.7 Å². The molecular formula is C26H20ClN5O3.